The molecule has 0 aliphatic heterocycles. The maximum absolute atomic E-state index is 9.46. The molecule has 0 spiro atoms. The number of benzene rings is 2. The summed E-state index contributed by atoms with van der Waals surface area (Å²) in [6, 6.07) is 13.4. The van der Waals surface area contributed by atoms with E-state index in [1.54, 1.807) is 12.1 Å². The zero-order valence-corrected chi connectivity index (χ0v) is 10.8. The lowest BCUT2D eigenvalue weighted by Gasteiger charge is -2.13. The molecular weight excluding hydrogens is 224 g/mol. The fourth-order valence-electron chi connectivity index (χ4n) is 1.98. The summed E-state index contributed by atoms with van der Waals surface area (Å²) in [5.41, 5.74) is 3.21. The molecule has 0 aliphatic carbocycles. The predicted octanol–water partition coefficient (Wildman–Crippen LogP) is 4.16. The number of phenolic OH excluding ortho intramolecular Hbond substituents is 1. The SMILES string of the molecule is CCCOc1ccccc1-c1ccc(O)cc1C. The van der Waals surface area contributed by atoms with Crippen LogP contribution in [-0.2, 0) is 0 Å². The third-order valence-electron chi connectivity index (χ3n) is 2.85. The van der Waals surface area contributed by atoms with Gasteiger partial charge in [-0.05, 0) is 42.7 Å². The second-order valence-electron chi connectivity index (χ2n) is 4.34. The zero-order valence-electron chi connectivity index (χ0n) is 10.8. The highest BCUT2D eigenvalue weighted by Gasteiger charge is 2.08. The summed E-state index contributed by atoms with van der Waals surface area (Å²) >= 11 is 0. The molecular formula is C16H18O2. The Labute approximate surface area is 108 Å². The monoisotopic (exact) mass is 242 g/mol. The van der Waals surface area contributed by atoms with Crippen LogP contribution in [0.5, 0.6) is 11.5 Å². The zero-order chi connectivity index (χ0) is 13.0. The molecule has 0 aromatic heterocycles. The van der Waals surface area contributed by atoms with Crippen molar-refractivity contribution in [1.82, 2.24) is 0 Å². The number of aryl methyl sites for hydroxylation is 1. The van der Waals surface area contributed by atoms with Crippen LogP contribution in [0.4, 0.5) is 0 Å². The molecule has 0 unspecified atom stereocenters. The van der Waals surface area contributed by atoms with Gasteiger partial charge in [0, 0.05) is 5.56 Å². The standard InChI is InChI=1S/C16H18O2/c1-3-10-18-16-7-5-4-6-15(16)14-9-8-13(17)11-12(14)2/h4-9,11,17H,3,10H2,1-2H3. The Morgan fingerprint density at radius 2 is 1.83 bits per heavy atom. The van der Waals surface area contributed by atoms with Crippen LogP contribution in [0.1, 0.15) is 18.9 Å². The van der Waals surface area contributed by atoms with Gasteiger partial charge >= 0.3 is 0 Å². The Balaban J connectivity index is 2.43. The Morgan fingerprint density at radius 3 is 2.56 bits per heavy atom. The fraction of sp³-hybridized carbons (Fsp3) is 0.250. The minimum Gasteiger partial charge on any atom is -0.508 e. The molecule has 0 heterocycles. The van der Waals surface area contributed by atoms with Gasteiger partial charge in [-0.2, -0.15) is 0 Å². The van der Waals surface area contributed by atoms with Crippen LogP contribution in [0.15, 0.2) is 42.5 Å². The van der Waals surface area contributed by atoms with Crippen molar-refractivity contribution in [3.05, 3.63) is 48.0 Å². The molecule has 2 aromatic carbocycles. The highest BCUT2D eigenvalue weighted by Crippen LogP contribution is 2.33. The van der Waals surface area contributed by atoms with Crippen LogP contribution < -0.4 is 4.74 Å². The van der Waals surface area contributed by atoms with Crippen molar-refractivity contribution in [2.75, 3.05) is 6.61 Å². The average molecular weight is 242 g/mol. The van der Waals surface area contributed by atoms with E-state index in [2.05, 4.69) is 6.92 Å². The molecule has 0 aliphatic rings. The summed E-state index contributed by atoms with van der Waals surface area (Å²) in [5, 5.41) is 9.46. The number of para-hydroxylation sites is 1. The summed E-state index contributed by atoms with van der Waals surface area (Å²) in [6.45, 7) is 4.80. The van der Waals surface area contributed by atoms with Crippen molar-refractivity contribution in [2.24, 2.45) is 0 Å². The maximum Gasteiger partial charge on any atom is 0.127 e. The van der Waals surface area contributed by atoms with Crippen molar-refractivity contribution < 1.29 is 9.84 Å². The van der Waals surface area contributed by atoms with E-state index in [9.17, 15) is 5.11 Å². The van der Waals surface area contributed by atoms with E-state index in [4.69, 9.17) is 4.74 Å². The van der Waals surface area contributed by atoms with E-state index in [1.165, 1.54) is 0 Å². The molecule has 0 bridgehead atoms. The molecule has 2 aromatic rings. The van der Waals surface area contributed by atoms with Crippen LogP contribution in [0.3, 0.4) is 0 Å². The summed E-state index contributed by atoms with van der Waals surface area (Å²) in [7, 11) is 0. The van der Waals surface area contributed by atoms with Gasteiger partial charge in [-0.15, -0.1) is 0 Å². The Morgan fingerprint density at radius 1 is 1.06 bits per heavy atom. The third-order valence-corrected chi connectivity index (χ3v) is 2.85. The summed E-state index contributed by atoms with van der Waals surface area (Å²) < 4.78 is 5.76. The number of ether oxygens (including phenoxy) is 1. The number of rotatable bonds is 4. The molecule has 0 radical (unpaired) electrons. The normalized spacial score (nSPS) is 10.3. The lowest BCUT2D eigenvalue weighted by molar-refractivity contribution is 0.318. The van der Waals surface area contributed by atoms with E-state index in [0.717, 1.165) is 28.9 Å². The van der Waals surface area contributed by atoms with Gasteiger partial charge in [0.25, 0.3) is 0 Å². The van der Waals surface area contributed by atoms with Gasteiger partial charge < -0.3 is 9.84 Å². The quantitative estimate of drug-likeness (QED) is 0.872. The van der Waals surface area contributed by atoms with Crippen molar-refractivity contribution in [3.8, 4) is 22.6 Å². The molecule has 2 heteroatoms. The second kappa shape index (κ2) is 5.58. The first-order chi connectivity index (χ1) is 8.72. The largest absolute Gasteiger partial charge is 0.508 e. The molecule has 0 atom stereocenters. The average Bonchev–Trinajstić information content (AvgIpc) is 2.37. The van der Waals surface area contributed by atoms with E-state index < -0.39 is 0 Å². The van der Waals surface area contributed by atoms with Gasteiger partial charge in [-0.1, -0.05) is 31.2 Å². The Hall–Kier alpha value is -1.96. The molecule has 0 saturated carbocycles. The highest BCUT2D eigenvalue weighted by atomic mass is 16.5. The molecule has 0 fully saturated rings. The lowest BCUT2D eigenvalue weighted by Crippen LogP contribution is -1.97. The molecule has 0 amide bonds. The summed E-state index contributed by atoms with van der Waals surface area (Å²) in [4.78, 5) is 0. The van der Waals surface area contributed by atoms with Crippen molar-refractivity contribution >= 4 is 0 Å². The van der Waals surface area contributed by atoms with Gasteiger partial charge in [0.05, 0.1) is 6.61 Å². The second-order valence-corrected chi connectivity index (χ2v) is 4.34. The Bertz CT molecular complexity index is 532. The highest BCUT2D eigenvalue weighted by molar-refractivity contribution is 5.73. The molecule has 18 heavy (non-hydrogen) atoms. The third kappa shape index (κ3) is 2.65. The van der Waals surface area contributed by atoms with Crippen LogP contribution in [0.2, 0.25) is 0 Å². The van der Waals surface area contributed by atoms with Crippen LogP contribution in [0.25, 0.3) is 11.1 Å². The minimum absolute atomic E-state index is 0.295. The molecule has 1 N–H and O–H groups in total. The van der Waals surface area contributed by atoms with E-state index in [-0.39, 0.29) is 0 Å². The first kappa shape index (κ1) is 12.5. The number of hydrogen-bond donors (Lipinski definition) is 1. The predicted molar refractivity (Wildman–Crippen MR) is 74.1 cm³/mol. The van der Waals surface area contributed by atoms with Crippen molar-refractivity contribution in [2.45, 2.75) is 20.3 Å². The Kier molecular flexibility index (Phi) is 3.88. The van der Waals surface area contributed by atoms with Crippen molar-refractivity contribution in [3.63, 3.8) is 0 Å². The van der Waals surface area contributed by atoms with Gasteiger partial charge in [0.15, 0.2) is 0 Å². The summed E-state index contributed by atoms with van der Waals surface area (Å²) in [5.74, 6) is 1.19. The van der Waals surface area contributed by atoms with Gasteiger partial charge in [0.2, 0.25) is 0 Å². The van der Waals surface area contributed by atoms with Crippen LogP contribution in [-0.4, -0.2) is 11.7 Å². The van der Waals surface area contributed by atoms with Crippen LogP contribution in [0, 0.1) is 6.92 Å². The molecule has 2 rings (SSSR count). The number of aromatic hydroxyl groups is 1. The first-order valence-electron chi connectivity index (χ1n) is 6.24. The topological polar surface area (TPSA) is 29.5 Å². The molecule has 0 saturated heterocycles. The van der Waals surface area contributed by atoms with E-state index >= 15 is 0 Å². The van der Waals surface area contributed by atoms with Crippen molar-refractivity contribution in [1.29, 1.82) is 0 Å². The van der Waals surface area contributed by atoms with Crippen LogP contribution >= 0.6 is 0 Å². The fourth-order valence-corrected chi connectivity index (χ4v) is 1.98. The smallest absolute Gasteiger partial charge is 0.127 e. The minimum atomic E-state index is 0.295. The maximum atomic E-state index is 9.46. The number of hydrogen-bond acceptors (Lipinski definition) is 2. The summed E-state index contributed by atoms with van der Waals surface area (Å²) in [6.07, 6.45) is 0.989. The molecule has 2 nitrogen and oxygen atoms in total. The number of phenols is 1. The lowest BCUT2D eigenvalue weighted by atomic mass is 9.99. The van der Waals surface area contributed by atoms with Gasteiger partial charge in [-0.3, -0.25) is 0 Å². The van der Waals surface area contributed by atoms with Gasteiger partial charge in [0.1, 0.15) is 11.5 Å². The van der Waals surface area contributed by atoms with E-state index in [0.29, 0.717) is 12.4 Å². The molecule has 94 valence electrons. The van der Waals surface area contributed by atoms with Gasteiger partial charge in [-0.25, -0.2) is 0 Å². The first-order valence-corrected chi connectivity index (χ1v) is 6.24. The van der Waals surface area contributed by atoms with E-state index in [1.807, 2.05) is 37.3 Å².